The number of ether oxygens (including phenoxy) is 1. The summed E-state index contributed by atoms with van der Waals surface area (Å²) >= 11 is 6.10. The van der Waals surface area contributed by atoms with Crippen LogP contribution in [0.2, 0.25) is 5.02 Å². The van der Waals surface area contributed by atoms with E-state index in [1.165, 1.54) is 0 Å². The predicted molar refractivity (Wildman–Crippen MR) is 96.7 cm³/mol. The zero-order valence-electron chi connectivity index (χ0n) is 13.7. The number of primary amides is 1. The number of hydrogen-bond donors (Lipinski definition) is 1. The van der Waals surface area contributed by atoms with Crippen LogP contribution in [0.3, 0.4) is 0 Å². The molecule has 3 rings (SSSR count). The first kappa shape index (κ1) is 16.4. The maximum Gasteiger partial charge on any atom is 0.221 e. The van der Waals surface area contributed by atoms with E-state index in [0.29, 0.717) is 11.6 Å². The molecule has 0 aliphatic carbocycles. The lowest BCUT2D eigenvalue weighted by atomic mass is 10.1. The Balaban J connectivity index is 2.20. The fourth-order valence-electron chi connectivity index (χ4n) is 3.15. The van der Waals surface area contributed by atoms with Gasteiger partial charge in [0.25, 0.3) is 0 Å². The van der Waals surface area contributed by atoms with E-state index < -0.39 is 0 Å². The second kappa shape index (κ2) is 6.57. The average Bonchev–Trinajstić information content (AvgIpc) is 2.80. The monoisotopic (exact) mass is 342 g/mol. The number of methoxy groups -OCH3 is 1. The highest BCUT2D eigenvalue weighted by molar-refractivity contribution is 6.30. The summed E-state index contributed by atoms with van der Waals surface area (Å²) in [5.41, 5.74) is 9.48. The Kier molecular flexibility index (Phi) is 4.49. The molecule has 5 heteroatoms. The van der Waals surface area contributed by atoms with Gasteiger partial charge in [0.1, 0.15) is 5.75 Å². The number of rotatable bonds is 5. The molecule has 4 nitrogen and oxygen atoms in total. The van der Waals surface area contributed by atoms with Crippen molar-refractivity contribution in [2.45, 2.75) is 19.9 Å². The summed E-state index contributed by atoms with van der Waals surface area (Å²) in [7, 11) is 1.63. The standard InChI is InChI=1S/C19H19ClN2O2/c1-12-15(10-18(21)23)19-16(7-4-8-17(19)24-2)22(12)11-13-5-3-6-14(20)9-13/h3-9H,10-11H2,1-2H3,(H2,21,23). The third kappa shape index (κ3) is 2.97. The SMILES string of the molecule is COc1cccc2c1c(CC(N)=O)c(C)n2Cc1cccc(Cl)c1. The van der Waals surface area contributed by atoms with Crippen LogP contribution in [0.1, 0.15) is 16.8 Å². The highest BCUT2D eigenvalue weighted by Crippen LogP contribution is 2.34. The molecule has 3 aromatic rings. The lowest BCUT2D eigenvalue weighted by molar-refractivity contribution is -0.117. The van der Waals surface area contributed by atoms with Gasteiger partial charge in [-0.1, -0.05) is 29.8 Å². The number of aromatic nitrogens is 1. The van der Waals surface area contributed by atoms with Crippen LogP contribution in [0.5, 0.6) is 5.75 Å². The van der Waals surface area contributed by atoms with Gasteiger partial charge in [-0.15, -0.1) is 0 Å². The molecule has 0 aliphatic heterocycles. The fourth-order valence-corrected chi connectivity index (χ4v) is 3.37. The molecule has 0 saturated heterocycles. The van der Waals surface area contributed by atoms with Crippen LogP contribution in [0, 0.1) is 6.92 Å². The molecule has 0 radical (unpaired) electrons. The van der Waals surface area contributed by atoms with Gasteiger partial charge in [0, 0.05) is 22.6 Å². The highest BCUT2D eigenvalue weighted by atomic mass is 35.5. The second-order valence-electron chi connectivity index (χ2n) is 5.78. The van der Waals surface area contributed by atoms with Crippen molar-refractivity contribution in [1.82, 2.24) is 4.57 Å². The van der Waals surface area contributed by atoms with Crippen molar-refractivity contribution < 1.29 is 9.53 Å². The van der Waals surface area contributed by atoms with Gasteiger partial charge < -0.3 is 15.0 Å². The maximum atomic E-state index is 11.5. The Labute approximate surface area is 145 Å². The van der Waals surface area contributed by atoms with Crippen LogP contribution in [0.25, 0.3) is 10.9 Å². The summed E-state index contributed by atoms with van der Waals surface area (Å²) < 4.78 is 7.67. The molecule has 0 bridgehead atoms. The Bertz CT molecular complexity index is 915. The van der Waals surface area contributed by atoms with E-state index in [1.807, 2.05) is 49.4 Å². The van der Waals surface area contributed by atoms with Gasteiger partial charge in [-0.3, -0.25) is 4.79 Å². The topological polar surface area (TPSA) is 57.2 Å². The third-order valence-electron chi connectivity index (χ3n) is 4.24. The van der Waals surface area contributed by atoms with Crippen molar-refractivity contribution in [2.75, 3.05) is 7.11 Å². The van der Waals surface area contributed by atoms with Gasteiger partial charge in [-0.2, -0.15) is 0 Å². The van der Waals surface area contributed by atoms with Gasteiger partial charge in [0.15, 0.2) is 0 Å². The van der Waals surface area contributed by atoms with Crippen molar-refractivity contribution in [3.63, 3.8) is 0 Å². The van der Waals surface area contributed by atoms with Crippen LogP contribution in [0.4, 0.5) is 0 Å². The predicted octanol–water partition coefficient (Wildman–Crippen LogP) is 3.69. The summed E-state index contributed by atoms with van der Waals surface area (Å²) in [4.78, 5) is 11.5. The normalized spacial score (nSPS) is 11.0. The van der Waals surface area contributed by atoms with Gasteiger partial charge in [0.05, 0.1) is 19.0 Å². The van der Waals surface area contributed by atoms with Gasteiger partial charge in [-0.25, -0.2) is 0 Å². The summed E-state index contributed by atoms with van der Waals surface area (Å²) in [6.07, 6.45) is 0.186. The molecule has 0 aliphatic rings. The Morgan fingerprint density at radius 2 is 2.00 bits per heavy atom. The molecular formula is C19H19ClN2O2. The first-order chi connectivity index (χ1) is 11.5. The highest BCUT2D eigenvalue weighted by Gasteiger charge is 2.19. The Morgan fingerprint density at radius 3 is 2.67 bits per heavy atom. The lowest BCUT2D eigenvalue weighted by Crippen LogP contribution is -2.14. The first-order valence-corrected chi connectivity index (χ1v) is 8.06. The van der Waals surface area contributed by atoms with E-state index in [1.54, 1.807) is 7.11 Å². The molecule has 1 amide bonds. The maximum absolute atomic E-state index is 11.5. The van der Waals surface area contributed by atoms with Crippen molar-refractivity contribution in [1.29, 1.82) is 0 Å². The number of benzene rings is 2. The van der Waals surface area contributed by atoms with E-state index in [-0.39, 0.29) is 12.3 Å². The molecule has 0 fully saturated rings. The van der Waals surface area contributed by atoms with E-state index in [9.17, 15) is 4.79 Å². The molecule has 24 heavy (non-hydrogen) atoms. The second-order valence-corrected chi connectivity index (χ2v) is 6.21. The number of carbonyl (C=O) groups is 1. The molecule has 1 aromatic heterocycles. The molecule has 0 spiro atoms. The van der Waals surface area contributed by atoms with Crippen LogP contribution < -0.4 is 10.5 Å². The molecule has 2 N–H and O–H groups in total. The third-order valence-corrected chi connectivity index (χ3v) is 4.47. The number of nitrogens with two attached hydrogens (primary N) is 1. The molecule has 2 aromatic carbocycles. The minimum Gasteiger partial charge on any atom is -0.496 e. The van der Waals surface area contributed by atoms with Crippen molar-refractivity contribution >= 4 is 28.4 Å². The fraction of sp³-hybridized carbons (Fsp3) is 0.211. The van der Waals surface area contributed by atoms with Crippen molar-refractivity contribution in [2.24, 2.45) is 5.73 Å². The molecule has 0 saturated carbocycles. The summed E-state index contributed by atoms with van der Waals surface area (Å²) in [6, 6.07) is 13.6. The number of halogens is 1. The Hall–Kier alpha value is -2.46. The molecule has 0 unspecified atom stereocenters. The van der Waals surface area contributed by atoms with Crippen LogP contribution in [-0.4, -0.2) is 17.6 Å². The van der Waals surface area contributed by atoms with Gasteiger partial charge in [0.2, 0.25) is 5.91 Å². The smallest absolute Gasteiger partial charge is 0.221 e. The number of carbonyl (C=O) groups excluding carboxylic acids is 1. The van der Waals surface area contributed by atoms with Crippen molar-refractivity contribution in [3.8, 4) is 5.75 Å². The molecule has 0 atom stereocenters. The van der Waals surface area contributed by atoms with Gasteiger partial charge in [-0.05, 0) is 42.3 Å². The van der Waals surface area contributed by atoms with Gasteiger partial charge >= 0.3 is 0 Å². The van der Waals surface area contributed by atoms with E-state index >= 15 is 0 Å². The lowest BCUT2D eigenvalue weighted by Gasteiger charge is -2.09. The van der Waals surface area contributed by atoms with Crippen LogP contribution >= 0.6 is 11.6 Å². The van der Waals surface area contributed by atoms with E-state index in [0.717, 1.165) is 33.5 Å². The summed E-state index contributed by atoms with van der Waals surface area (Å²) in [6.45, 7) is 2.66. The number of fused-ring (bicyclic) bond motifs is 1. The summed E-state index contributed by atoms with van der Waals surface area (Å²) in [5.74, 6) is 0.391. The quantitative estimate of drug-likeness (QED) is 0.768. The minimum atomic E-state index is -0.356. The number of hydrogen-bond acceptors (Lipinski definition) is 2. The molecule has 1 heterocycles. The number of nitrogens with zero attached hydrogens (tertiary/aromatic N) is 1. The summed E-state index contributed by atoms with van der Waals surface area (Å²) in [5, 5.41) is 1.65. The molecular weight excluding hydrogens is 324 g/mol. The van der Waals surface area contributed by atoms with Crippen molar-refractivity contribution in [3.05, 3.63) is 64.3 Å². The Morgan fingerprint density at radius 1 is 1.25 bits per heavy atom. The van der Waals surface area contributed by atoms with E-state index in [4.69, 9.17) is 22.1 Å². The minimum absolute atomic E-state index is 0.186. The van der Waals surface area contributed by atoms with Crippen LogP contribution in [0.15, 0.2) is 42.5 Å². The average molecular weight is 343 g/mol. The van der Waals surface area contributed by atoms with E-state index in [2.05, 4.69) is 4.57 Å². The largest absolute Gasteiger partial charge is 0.496 e. The number of amides is 1. The van der Waals surface area contributed by atoms with Crippen LogP contribution in [-0.2, 0) is 17.8 Å². The first-order valence-electron chi connectivity index (χ1n) is 7.68. The zero-order chi connectivity index (χ0) is 17.3. The zero-order valence-corrected chi connectivity index (χ0v) is 14.4. The molecule has 124 valence electrons.